The van der Waals surface area contributed by atoms with Gasteiger partial charge in [-0.05, 0) is 31.6 Å². The van der Waals surface area contributed by atoms with Gasteiger partial charge in [-0.3, -0.25) is 4.40 Å². The molecule has 116 valence electrons. The lowest BCUT2D eigenvalue weighted by Crippen LogP contribution is -2.38. The number of sulfonamides is 1. The zero-order valence-corrected chi connectivity index (χ0v) is 14.1. The molecule has 5 nitrogen and oxygen atoms in total. The van der Waals surface area contributed by atoms with Gasteiger partial charge in [0, 0.05) is 17.6 Å². The van der Waals surface area contributed by atoms with E-state index in [9.17, 15) is 8.42 Å². The van der Waals surface area contributed by atoms with Gasteiger partial charge in [0.2, 0.25) is 0 Å². The van der Waals surface area contributed by atoms with Gasteiger partial charge in [0.25, 0.3) is 10.0 Å². The fraction of sp³-hybridized carbons (Fsp3) is 0.615. The van der Waals surface area contributed by atoms with Crippen LogP contribution in [-0.2, 0) is 10.0 Å². The average molecular weight is 348 g/mol. The lowest BCUT2D eigenvalue weighted by atomic mass is 9.85. The van der Waals surface area contributed by atoms with Crippen molar-refractivity contribution in [3.8, 4) is 0 Å². The van der Waals surface area contributed by atoms with E-state index in [1.54, 1.807) is 11.6 Å². The minimum Gasteiger partial charge on any atom is -0.279 e. The van der Waals surface area contributed by atoms with Crippen molar-refractivity contribution in [1.82, 2.24) is 14.1 Å². The number of halogens is 1. The summed E-state index contributed by atoms with van der Waals surface area (Å²) in [5, 5.41) is 1.89. The van der Waals surface area contributed by atoms with E-state index in [2.05, 4.69) is 16.6 Å². The highest BCUT2D eigenvalue weighted by molar-refractivity contribution is 7.89. The van der Waals surface area contributed by atoms with Crippen molar-refractivity contribution in [2.75, 3.05) is 0 Å². The Morgan fingerprint density at radius 3 is 2.81 bits per heavy atom. The molecular formula is C13H18ClN3O2S2. The number of hydrogen-bond donors (Lipinski definition) is 1. The Labute approximate surface area is 133 Å². The zero-order chi connectivity index (χ0) is 15.0. The number of nitrogens with zero attached hydrogens (tertiary/aromatic N) is 2. The second-order valence-corrected chi connectivity index (χ2v) is 8.37. The molecule has 0 spiro atoms. The highest BCUT2D eigenvalue weighted by Crippen LogP contribution is 2.29. The topological polar surface area (TPSA) is 63.5 Å². The maximum atomic E-state index is 12.6. The van der Waals surface area contributed by atoms with Crippen molar-refractivity contribution < 1.29 is 8.42 Å². The predicted molar refractivity (Wildman–Crippen MR) is 84.4 cm³/mol. The lowest BCUT2D eigenvalue weighted by Gasteiger charge is -2.28. The minimum atomic E-state index is -3.64. The number of nitrogens with one attached hydrogen (secondary N) is 1. The molecule has 1 N–H and O–H groups in total. The van der Waals surface area contributed by atoms with Crippen molar-refractivity contribution in [1.29, 1.82) is 0 Å². The first-order valence-electron chi connectivity index (χ1n) is 7.14. The number of rotatable bonds is 4. The van der Waals surface area contributed by atoms with E-state index >= 15 is 0 Å². The van der Waals surface area contributed by atoms with Gasteiger partial charge in [0.1, 0.15) is 0 Å². The summed E-state index contributed by atoms with van der Waals surface area (Å²) in [5.74, 6) is 0.730. The fourth-order valence-corrected chi connectivity index (χ4v) is 5.70. The standard InChI is InChI=1S/C13H18ClN3O2S2/c1-2-9-3-5-10(6-4-9)16-21(18,19)12-11(14)15-13-17(12)7-8-20-13/h7-10,16H,2-6H2,1H3. The number of thiazole rings is 1. The van der Waals surface area contributed by atoms with Gasteiger partial charge < -0.3 is 0 Å². The van der Waals surface area contributed by atoms with E-state index in [0.717, 1.165) is 31.6 Å². The van der Waals surface area contributed by atoms with E-state index in [-0.39, 0.29) is 16.2 Å². The molecular weight excluding hydrogens is 330 g/mol. The Bertz CT molecular complexity index is 730. The molecule has 0 saturated heterocycles. The lowest BCUT2D eigenvalue weighted by molar-refractivity contribution is 0.306. The monoisotopic (exact) mass is 347 g/mol. The van der Waals surface area contributed by atoms with Crippen LogP contribution in [0, 0.1) is 5.92 Å². The van der Waals surface area contributed by atoms with Gasteiger partial charge in [-0.15, -0.1) is 11.3 Å². The first-order chi connectivity index (χ1) is 10.0. The van der Waals surface area contributed by atoms with Crippen molar-refractivity contribution in [2.24, 2.45) is 5.92 Å². The molecule has 1 aliphatic carbocycles. The third kappa shape index (κ3) is 2.97. The zero-order valence-electron chi connectivity index (χ0n) is 11.8. The van der Waals surface area contributed by atoms with Gasteiger partial charge in [0.15, 0.2) is 15.1 Å². The van der Waals surface area contributed by atoms with Gasteiger partial charge >= 0.3 is 0 Å². The first kappa shape index (κ1) is 15.3. The average Bonchev–Trinajstić information content (AvgIpc) is 2.98. The molecule has 0 unspecified atom stereocenters. The van der Waals surface area contributed by atoms with Crippen molar-refractivity contribution in [3.63, 3.8) is 0 Å². The summed E-state index contributed by atoms with van der Waals surface area (Å²) in [7, 11) is -3.64. The molecule has 1 fully saturated rings. The maximum absolute atomic E-state index is 12.6. The Kier molecular flexibility index (Phi) is 4.27. The molecule has 0 amide bonds. The third-order valence-electron chi connectivity index (χ3n) is 4.18. The Balaban J connectivity index is 1.81. The summed E-state index contributed by atoms with van der Waals surface area (Å²) >= 11 is 7.38. The second kappa shape index (κ2) is 5.87. The predicted octanol–water partition coefficient (Wildman–Crippen LogP) is 3.30. The van der Waals surface area contributed by atoms with Crippen LogP contribution in [0.25, 0.3) is 4.96 Å². The highest BCUT2D eigenvalue weighted by Gasteiger charge is 2.29. The summed E-state index contributed by atoms with van der Waals surface area (Å²) in [4.78, 5) is 4.68. The normalized spacial score (nSPS) is 23.7. The molecule has 0 aliphatic heterocycles. The van der Waals surface area contributed by atoms with E-state index in [4.69, 9.17) is 11.6 Å². The van der Waals surface area contributed by atoms with Crippen LogP contribution in [0.5, 0.6) is 0 Å². The summed E-state index contributed by atoms with van der Waals surface area (Å²) in [6.07, 6.45) is 6.79. The van der Waals surface area contributed by atoms with Crippen LogP contribution in [0.1, 0.15) is 39.0 Å². The molecule has 0 bridgehead atoms. The minimum absolute atomic E-state index is 0.00180. The van der Waals surface area contributed by atoms with Gasteiger partial charge in [-0.1, -0.05) is 24.9 Å². The molecule has 0 aromatic carbocycles. The number of fused-ring (bicyclic) bond motifs is 1. The van der Waals surface area contributed by atoms with Crippen LogP contribution in [0.15, 0.2) is 16.6 Å². The van der Waals surface area contributed by atoms with Crippen molar-refractivity contribution >= 4 is 37.9 Å². The molecule has 2 aromatic rings. The van der Waals surface area contributed by atoms with Gasteiger partial charge in [-0.25, -0.2) is 18.1 Å². The Hall–Kier alpha value is -0.630. The van der Waals surface area contributed by atoms with E-state index in [1.807, 2.05) is 0 Å². The second-order valence-electron chi connectivity index (χ2n) is 5.51. The molecule has 3 rings (SSSR count). The smallest absolute Gasteiger partial charge is 0.260 e. The summed E-state index contributed by atoms with van der Waals surface area (Å²) in [6.45, 7) is 2.19. The largest absolute Gasteiger partial charge is 0.279 e. The van der Waals surface area contributed by atoms with Crippen molar-refractivity contribution in [3.05, 3.63) is 16.7 Å². The summed E-state index contributed by atoms with van der Waals surface area (Å²) in [5.41, 5.74) is 0. The van der Waals surface area contributed by atoms with Crippen LogP contribution in [-0.4, -0.2) is 23.8 Å². The van der Waals surface area contributed by atoms with Gasteiger partial charge in [0.05, 0.1) is 0 Å². The van der Waals surface area contributed by atoms with Crippen LogP contribution >= 0.6 is 22.9 Å². The van der Waals surface area contributed by atoms with Crippen LogP contribution < -0.4 is 4.72 Å². The number of imidazole rings is 1. The maximum Gasteiger partial charge on any atom is 0.260 e. The molecule has 21 heavy (non-hydrogen) atoms. The van der Waals surface area contributed by atoms with Crippen LogP contribution in [0.3, 0.4) is 0 Å². The third-order valence-corrected chi connectivity index (χ3v) is 6.85. The molecule has 1 aliphatic rings. The van der Waals surface area contributed by atoms with E-state index < -0.39 is 10.0 Å². The fourth-order valence-electron chi connectivity index (χ4n) is 2.94. The van der Waals surface area contributed by atoms with E-state index in [1.165, 1.54) is 22.2 Å². The first-order valence-corrected chi connectivity index (χ1v) is 9.88. The van der Waals surface area contributed by atoms with Crippen molar-refractivity contribution in [2.45, 2.75) is 50.1 Å². The number of hydrogen-bond acceptors (Lipinski definition) is 4. The molecule has 1 saturated carbocycles. The Morgan fingerprint density at radius 1 is 1.43 bits per heavy atom. The van der Waals surface area contributed by atoms with Crippen LogP contribution in [0.2, 0.25) is 5.15 Å². The molecule has 2 aromatic heterocycles. The molecule has 0 atom stereocenters. The Morgan fingerprint density at radius 2 is 2.14 bits per heavy atom. The summed E-state index contributed by atoms with van der Waals surface area (Å²) in [6, 6.07) is -0.00180. The highest BCUT2D eigenvalue weighted by atomic mass is 35.5. The number of aromatic nitrogens is 2. The summed E-state index contributed by atoms with van der Waals surface area (Å²) < 4.78 is 29.5. The molecule has 8 heteroatoms. The van der Waals surface area contributed by atoms with E-state index in [0.29, 0.717) is 4.96 Å². The van der Waals surface area contributed by atoms with Gasteiger partial charge in [-0.2, -0.15) is 0 Å². The molecule has 0 radical (unpaired) electrons. The molecule has 2 heterocycles. The quantitative estimate of drug-likeness (QED) is 0.922. The SMILES string of the molecule is CCC1CCC(NS(=O)(=O)c2c(Cl)nc3sccn23)CC1. The van der Waals surface area contributed by atoms with Crippen LogP contribution in [0.4, 0.5) is 0 Å².